The number of fused-ring (bicyclic) bond motifs is 1. The molecule has 104 valence electrons. The van der Waals surface area contributed by atoms with Crippen LogP contribution in [0.15, 0.2) is 18.3 Å². The van der Waals surface area contributed by atoms with Gasteiger partial charge in [0.1, 0.15) is 0 Å². The smallest absolute Gasteiger partial charge is 0.0605 e. The van der Waals surface area contributed by atoms with Crippen LogP contribution in [-0.2, 0) is 6.42 Å². The first-order valence-electron chi connectivity index (χ1n) is 8.00. The summed E-state index contributed by atoms with van der Waals surface area (Å²) >= 11 is 0. The minimum absolute atomic E-state index is 0.511. The largest absolute Gasteiger partial charge is 0.309 e. The van der Waals surface area contributed by atoms with E-state index in [1.165, 1.54) is 56.2 Å². The third kappa shape index (κ3) is 3.17. The van der Waals surface area contributed by atoms with Crippen molar-refractivity contribution in [1.29, 1.82) is 0 Å². The van der Waals surface area contributed by atoms with Gasteiger partial charge >= 0.3 is 0 Å². The normalized spacial score (nSPS) is 30.3. The van der Waals surface area contributed by atoms with Gasteiger partial charge in [0, 0.05) is 6.20 Å². The van der Waals surface area contributed by atoms with Crippen LogP contribution in [0.1, 0.15) is 62.7 Å². The fourth-order valence-electron chi connectivity index (χ4n) is 3.89. The van der Waals surface area contributed by atoms with Crippen LogP contribution < -0.4 is 5.32 Å². The summed E-state index contributed by atoms with van der Waals surface area (Å²) in [7, 11) is 0. The molecule has 3 rings (SSSR count). The number of hydrogen-bond donors (Lipinski definition) is 1. The Morgan fingerprint density at radius 1 is 1.32 bits per heavy atom. The molecule has 1 heterocycles. The van der Waals surface area contributed by atoms with Crippen molar-refractivity contribution in [2.75, 3.05) is 6.54 Å². The molecule has 2 aliphatic rings. The van der Waals surface area contributed by atoms with Crippen LogP contribution in [0.2, 0.25) is 0 Å². The first kappa shape index (κ1) is 13.1. The minimum Gasteiger partial charge on any atom is -0.309 e. The van der Waals surface area contributed by atoms with Gasteiger partial charge in [-0.3, -0.25) is 4.98 Å². The number of aryl methyl sites for hydroxylation is 1. The average molecular weight is 258 g/mol. The maximum atomic E-state index is 4.56. The van der Waals surface area contributed by atoms with E-state index in [2.05, 4.69) is 29.4 Å². The lowest BCUT2D eigenvalue weighted by molar-refractivity contribution is 0.264. The molecule has 1 N–H and O–H groups in total. The lowest BCUT2D eigenvalue weighted by atomic mass is 9.81. The molecule has 1 saturated carbocycles. The van der Waals surface area contributed by atoms with Crippen LogP contribution in [0.5, 0.6) is 0 Å². The van der Waals surface area contributed by atoms with E-state index in [-0.39, 0.29) is 0 Å². The molecule has 0 radical (unpaired) electrons. The molecule has 0 spiro atoms. The summed E-state index contributed by atoms with van der Waals surface area (Å²) in [6.07, 6.45) is 11.5. The Hall–Kier alpha value is -0.890. The van der Waals surface area contributed by atoms with Gasteiger partial charge in [-0.15, -0.1) is 0 Å². The van der Waals surface area contributed by atoms with Crippen LogP contribution in [0.25, 0.3) is 0 Å². The number of nitrogens with zero attached hydrogens (tertiary/aromatic N) is 1. The quantitative estimate of drug-likeness (QED) is 0.886. The average Bonchev–Trinajstić information content (AvgIpc) is 2.83. The predicted molar refractivity (Wildman–Crippen MR) is 79.0 cm³/mol. The Labute approximate surface area is 117 Å². The molecule has 0 bridgehead atoms. The van der Waals surface area contributed by atoms with Gasteiger partial charge in [0.15, 0.2) is 0 Å². The number of rotatable bonds is 4. The predicted octanol–water partition coefficient (Wildman–Crippen LogP) is 3.87. The molecule has 0 aliphatic heterocycles. The molecule has 0 aromatic carbocycles. The molecule has 1 aromatic rings. The molecular formula is C17H26N2. The number of nitrogens with one attached hydrogen (secondary N) is 1. The molecule has 19 heavy (non-hydrogen) atoms. The summed E-state index contributed by atoms with van der Waals surface area (Å²) < 4.78 is 0. The van der Waals surface area contributed by atoms with Crippen LogP contribution in [0.4, 0.5) is 0 Å². The summed E-state index contributed by atoms with van der Waals surface area (Å²) in [6.45, 7) is 3.58. The van der Waals surface area contributed by atoms with Crippen LogP contribution in [0.3, 0.4) is 0 Å². The Balaban J connectivity index is 1.46. The molecule has 3 unspecified atom stereocenters. The third-order valence-electron chi connectivity index (χ3n) is 4.95. The first-order valence-corrected chi connectivity index (χ1v) is 8.00. The van der Waals surface area contributed by atoms with Gasteiger partial charge in [-0.05, 0) is 55.7 Å². The van der Waals surface area contributed by atoms with Gasteiger partial charge < -0.3 is 5.32 Å². The summed E-state index contributed by atoms with van der Waals surface area (Å²) in [5.74, 6) is 1.91. The summed E-state index contributed by atoms with van der Waals surface area (Å²) in [5, 5.41) is 3.74. The molecule has 0 saturated heterocycles. The van der Waals surface area contributed by atoms with Crippen LogP contribution >= 0.6 is 0 Å². The highest BCUT2D eigenvalue weighted by atomic mass is 14.9. The minimum atomic E-state index is 0.511. The highest BCUT2D eigenvalue weighted by Gasteiger charge is 2.23. The maximum absolute atomic E-state index is 4.56. The Bertz CT molecular complexity index is 415. The fourth-order valence-corrected chi connectivity index (χ4v) is 3.89. The van der Waals surface area contributed by atoms with Gasteiger partial charge in [-0.2, -0.15) is 0 Å². The van der Waals surface area contributed by atoms with E-state index in [9.17, 15) is 0 Å². The monoisotopic (exact) mass is 258 g/mol. The van der Waals surface area contributed by atoms with Crippen molar-refractivity contribution in [3.63, 3.8) is 0 Å². The van der Waals surface area contributed by atoms with E-state index in [0.717, 1.165) is 18.4 Å². The van der Waals surface area contributed by atoms with Crippen LogP contribution in [-0.4, -0.2) is 11.5 Å². The maximum Gasteiger partial charge on any atom is 0.0605 e. The summed E-state index contributed by atoms with van der Waals surface area (Å²) in [6, 6.07) is 4.80. The molecule has 1 aromatic heterocycles. The lowest BCUT2D eigenvalue weighted by Gasteiger charge is -2.27. The molecule has 3 atom stereocenters. The van der Waals surface area contributed by atoms with Crippen molar-refractivity contribution < 1.29 is 0 Å². The Morgan fingerprint density at radius 2 is 2.26 bits per heavy atom. The lowest BCUT2D eigenvalue weighted by Crippen LogP contribution is -2.24. The number of aromatic nitrogens is 1. The van der Waals surface area contributed by atoms with E-state index in [4.69, 9.17) is 0 Å². The topological polar surface area (TPSA) is 24.9 Å². The SMILES string of the molecule is CC1CCCC(CCNC2CCc3cccnc32)C1. The van der Waals surface area contributed by atoms with E-state index in [1.54, 1.807) is 0 Å². The van der Waals surface area contributed by atoms with Gasteiger partial charge in [0.2, 0.25) is 0 Å². The molecule has 1 fully saturated rings. The Kier molecular flexibility index (Phi) is 4.17. The van der Waals surface area contributed by atoms with Gasteiger partial charge in [0.05, 0.1) is 11.7 Å². The zero-order chi connectivity index (χ0) is 13.1. The van der Waals surface area contributed by atoms with Crippen molar-refractivity contribution in [3.8, 4) is 0 Å². The van der Waals surface area contributed by atoms with Crippen molar-refractivity contribution in [3.05, 3.63) is 29.6 Å². The molecule has 2 aliphatic carbocycles. The van der Waals surface area contributed by atoms with Gasteiger partial charge in [-0.25, -0.2) is 0 Å². The van der Waals surface area contributed by atoms with Crippen LogP contribution in [0, 0.1) is 11.8 Å². The molecule has 2 heteroatoms. The highest BCUT2D eigenvalue weighted by Crippen LogP contribution is 2.32. The summed E-state index contributed by atoms with van der Waals surface area (Å²) in [4.78, 5) is 4.56. The van der Waals surface area contributed by atoms with E-state index in [0.29, 0.717) is 6.04 Å². The molecule has 0 amide bonds. The standard InChI is InChI=1S/C17H26N2/c1-13-4-2-5-14(12-13)9-11-18-16-8-7-15-6-3-10-19-17(15)16/h3,6,10,13-14,16,18H,2,4-5,7-9,11-12H2,1H3. The number of pyridine rings is 1. The second-order valence-corrected chi connectivity index (χ2v) is 6.52. The Morgan fingerprint density at radius 3 is 3.16 bits per heavy atom. The van der Waals surface area contributed by atoms with Crippen molar-refractivity contribution in [2.45, 2.75) is 57.9 Å². The van der Waals surface area contributed by atoms with E-state index < -0.39 is 0 Å². The highest BCUT2D eigenvalue weighted by molar-refractivity contribution is 5.27. The molecule has 2 nitrogen and oxygen atoms in total. The fraction of sp³-hybridized carbons (Fsp3) is 0.706. The van der Waals surface area contributed by atoms with E-state index in [1.807, 2.05) is 6.20 Å². The second-order valence-electron chi connectivity index (χ2n) is 6.52. The second kappa shape index (κ2) is 6.04. The number of hydrogen-bond acceptors (Lipinski definition) is 2. The first-order chi connectivity index (χ1) is 9.33. The van der Waals surface area contributed by atoms with Crippen molar-refractivity contribution in [1.82, 2.24) is 10.3 Å². The van der Waals surface area contributed by atoms with Crippen molar-refractivity contribution >= 4 is 0 Å². The molecular weight excluding hydrogens is 232 g/mol. The van der Waals surface area contributed by atoms with Gasteiger partial charge in [-0.1, -0.05) is 32.3 Å². The van der Waals surface area contributed by atoms with Gasteiger partial charge in [0.25, 0.3) is 0 Å². The van der Waals surface area contributed by atoms with Crippen molar-refractivity contribution in [2.24, 2.45) is 11.8 Å². The zero-order valence-corrected chi connectivity index (χ0v) is 12.1. The summed E-state index contributed by atoms with van der Waals surface area (Å²) in [5.41, 5.74) is 2.76. The van der Waals surface area contributed by atoms with E-state index >= 15 is 0 Å². The third-order valence-corrected chi connectivity index (χ3v) is 4.95. The zero-order valence-electron chi connectivity index (χ0n) is 12.1.